The monoisotopic (exact) mass is 340 g/mol. The second-order valence-electron chi connectivity index (χ2n) is 4.03. The minimum atomic E-state index is -4.58. The first-order valence-electron chi connectivity index (χ1n) is 5.51. The molecule has 0 saturated heterocycles. The summed E-state index contributed by atoms with van der Waals surface area (Å²) in [5.74, 6) is -1.64. The molecule has 0 aliphatic rings. The molecule has 2 aromatic rings. The molecule has 0 unspecified atom stereocenters. The molecular weight excluding hydrogens is 331 g/mol. The van der Waals surface area contributed by atoms with Gasteiger partial charge in [-0.1, -0.05) is 0 Å². The average Bonchev–Trinajstić information content (AvgIpc) is 2.85. The second-order valence-corrected chi connectivity index (χ2v) is 6.36. The molecular formula is C10H9F3N3O3S2+. The number of aryl methyl sites for hydroxylation is 1. The molecule has 0 amide bonds. The Morgan fingerprint density at radius 2 is 1.90 bits per heavy atom. The van der Waals surface area contributed by atoms with Crippen molar-refractivity contribution in [1.29, 1.82) is 0 Å². The van der Waals surface area contributed by atoms with Gasteiger partial charge in [-0.2, -0.15) is 26.0 Å². The molecule has 0 aliphatic heterocycles. The summed E-state index contributed by atoms with van der Waals surface area (Å²) in [7, 11) is -4.06. The van der Waals surface area contributed by atoms with Crippen LogP contribution in [0.15, 0.2) is 24.5 Å². The molecule has 11 heteroatoms. The van der Waals surface area contributed by atoms with Crippen molar-refractivity contribution < 1.29 is 30.7 Å². The van der Waals surface area contributed by atoms with Gasteiger partial charge in [0.05, 0.1) is 0 Å². The van der Waals surface area contributed by atoms with Crippen LogP contribution >= 0.6 is 11.5 Å². The first-order valence-corrected chi connectivity index (χ1v) is 7.89. The molecule has 2 rings (SSSR count). The lowest BCUT2D eigenvalue weighted by Gasteiger charge is -1.98. The molecule has 0 fully saturated rings. The van der Waals surface area contributed by atoms with Crippen LogP contribution < -0.4 is 4.57 Å². The Morgan fingerprint density at radius 1 is 1.29 bits per heavy atom. The van der Waals surface area contributed by atoms with Gasteiger partial charge in [0.25, 0.3) is 10.1 Å². The SMILES string of the molecule is O=S(=O)(O)CC[n+]1ccc(-c2nc(C(F)(F)F)ns2)cc1. The minimum absolute atomic E-state index is 0.0308. The molecule has 21 heavy (non-hydrogen) atoms. The molecule has 114 valence electrons. The summed E-state index contributed by atoms with van der Waals surface area (Å²) >= 11 is 0.627. The maximum absolute atomic E-state index is 12.4. The summed E-state index contributed by atoms with van der Waals surface area (Å²) in [6, 6.07) is 2.98. The van der Waals surface area contributed by atoms with Gasteiger partial charge in [0.1, 0.15) is 10.8 Å². The largest absolute Gasteiger partial charge is 0.452 e. The highest BCUT2D eigenvalue weighted by atomic mass is 32.2. The number of alkyl halides is 3. The second kappa shape index (κ2) is 5.66. The Morgan fingerprint density at radius 3 is 2.38 bits per heavy atom. The third-order valence-corrected chi connectivity index (χ3v) is 3.89. The first-order chi connectivity index (χ1) is 9.65. The predicted octanol–water partition coefficient (Wildman–Crippen LogP) is 1.40. The van der Waals surface area contributed by atoms with Crippen molar-refractivity contribution in [2.45, 2.75) is 12.7 Å². The summed E-state index contributed by atoms with van der Waals surface area (Å²) in [5, 5.41) is 0.115. The van der Waals surface area contributed by atoms with Crippen LogP contribution in [0.2, 0.25) is 0 Å². The van der Waals surface area contributed by atoms with E-state index in [4.69, 9.17) is 4.55 Å². The third kappa shape index (κ3) is 4.44. The quantitative estimate of drug-likeness (QED) is 0.672. The highest BCUT2D eigenvalue weighted by Gasteiger charge is 2.36. The number of rotatable bonds is 4. The minimum Gasteiger partial charge on any atom is -0.285 e. The van der Waals surface area contributed by atoms with Crippen LogP contribution in [0.25, 0.3) is 10.6 Å². The van der Waals surface area contributed by atoms with Crippen LogP contribution in [-0.4, -0.2) is 28.1 Å². The smallest absolute Gasteiger partial charge is 0.285 e. The fourth-order valence-corrected chi connectivity index (χ4v) is 2.55. The molecule has 6 nitrogen and oxygen atoms in total. The van der Waals surface area contributed by atoms with Gasteiger partial charge in [0.2, 0.25) is 5.82 Å². The Labute approximate surface area is 121 Å². The molecule has 0 aliphatic carbocycles. The normalized spacial score (nSPS) is 12.6. The van der Waals surface area contributed by atoms with Gasteiger partial charge in [-0.25, -0.2) is 9.55 Å². The van der Waals surface area contributed by atoms with Crippen molar-refractivity contribution >= 4 is 21.7 Å². The van der Waals surface area contributed by atoms with E-state index in [0.29, 0.717) is 17.1 Å². The van der Waals surface area contributed by atoms with Gasteiger partial charge in [-0.3, -0.25) is 4.55 Å². The van der Waals surface area contributed by atoms with Crippen molar-refractivity contribution in [3.05, 3.63) is 30.4 Å². The summed E-state index contributed by atoms with van der Waals surface area (Å²) in [6.45, 7) is 0.0308. The lowest BCUT2D eigenvalue weighted by molar-refractivity contribution is -0.692. The number of hydrogen-bond donors (Lipinski definition) is 1. The maximum atomic E-state index is 12.4. The summed E-state index contributed by atoms with van der Waals surface area (Å²) < 4.78 is 71.7. The van der Waals surface area contributed by atoms with Crippen LogP contribution in [0.5, 0.6) is 0 Å². The molecule has 1 N–H and O–H groups in total. The van der Waals surface area contributed by atoms with Crippen LogP contribution in [0.4, 0.5) is 13.2 Å². The number of pyridine rings is 1. The van der Waals surface area contributed by atoms with Crippen molar-refractivity contribution in [3.8, 4) is 10.6 Å². The fraction of sp³-hybridized carbons (Fsp3) is 0.300. The van der Waals surface area contributed by atoms with E-state index in [1.54, 1.807) is 0 Å². The molecule has 0 radical (unpaired) electrons. The van der Waals surface area contributed by atoms with Gasteiger partial charge in [-0.15, -0.1) is 0 Å². The van der Waals surface area contributed by atoms with Crippen LogP contribution in [0.3, 0.4) is 0 Å². The van der Waals surface area contributed by atoms with Crippen LogP contribution in [0, 0.1) is 0 Å². The molecule has 0 spiro atoms. The van der Waals surface area contributed by atoms with Crippen molar-refractivity contribution in [2.24, 2.45) is 0 Å². The predicted molar refractivity (Wildman–Crippen MR) is 67.0 cm³/mol. The van der Waals surface area contributed by atoms with Crippen molar-refractivity contribution in [3.63, 3.8) is 0 Å². The number of hydrogen-bond acceptors (Lipinski definition) is 5. The fourth-order valence-electron chi connectivity index (χ4n) is 1.43. The van der Waals surface area contributed by atoms with E-state index in [2.05, 4.69) is 9.36 Å². The average molecular weight is 340 g/mol. The Bertz CT molecular complexity index is 726. The first kappa shape index (κ1) is 15.8. The Kier molecular flexibility index (Phi) is 4.25. The standard InChI is InChI=1S/C10H8F3N3O3S2/c11-10(12,13)9-14-8(20-15-9)7-1-3-16(4-2-7)5-6-21(17,18)19/h1-4H,5-6H2/p+1. The lowest BCUT2D eigenvalue weighted by atomic mass is 10.3. The van der Waals surface area contributed by atoms with Gasteiger partial charge >= 0.3 is 6.18 Å². The highest BCUT2D eigenvalue weighted by molar-refractivity contribution is 7.85. The van der Waals surface area contributed by atoms with Crippen LogP contribution in [0.1, 0.15) is 5.82 Å². The van der Waals surface area contributed by atoms with Gasteiger partial charge in [-0.05, 0) is 11.5 Å². The van der Waals surface area contributed by atoms with Gasteiger partial charge in [0, 0.05) is 17.7 Å². The molecule has 0 atom stereocenters. The summed E-state index contributed by atoms with van der Waals surface area (Å²) in [4.78, 5) is 3.40. The van der Waals surface area contributed by atoms with Gasteiger partial charge < -0.3 is 0 Å². The Balaban J connectivity index is 2.14. The zero-order valence-corrected chi connectivity index (χ0v) is 11.9. The van der Waals surface area contributed by atoms with E-state index in [1.807, 2.05) is 0 Å². The number of aromatic nitrogens is 3. The third-order valence-electron chi connectivity index (χ3n) is 2.43. The molecule has 0 aromatic carbocycles. The zero-order valence-electron chi connectivity index (χ0n) is 10.3. The van der Waals surface area contributed by atoms with Crippen molar-refractivity contribution in [2.75, 3.05) is 5.75 Å². The lowest BCUT2D eigenvalue weighted by Crippen LogP contribution is -2.36. The van der Waals surface area contributed by atoms with E-state index in [9.17, 15) is 21.6 Å². The summed E-state index contributed by atoms with van der Waals surface area (Å²) in [6.07, 6.45) is -1.62. The van der Waals surface area contributed by atoms with E-state index in [1.165, 1.54) is 29.1 Å². The number of halogens is 3. The number of nitrogens with zero attached hydrogens (tertiary/aromatic N) is 3. The summed E-state index contributed by atoms with van der Waals surface area (Å²) in [5.41, 5.74) is 0.436. The Hall–Kier alpha value is -1.59. The molecule has 2 aromatic heterocycles. The van der Waals surface area contributed by atoms with Crippen LogP contribution in [-0.2, 0) is 22.8 Å². The van der Waals surface area contributed by atoms with E-state index < -0.39 is 27.9 Å². The molecule has 2 heterocycles. The molecule has 0 saturated carbocycles. The van der Waals surface area contributed by atoms with E-state index in [-0.39, 0.29) is 11.6 Å². The maximum Gasteiger partial charge on any atom is 0.452 e. The van der Waals surface area contributed by atoms with Gasteiger partial charge in [0.15, 0.2) is 18.9 Å². The molecule has 0 bridgehead atoms. The van der Waals surface area contributed by atoms with E-state index in [0.717, 1.165) is 0 Å². The van der Waals surface area contributed by atoms with E-state index >= 15 is 0 Å². The highest BCUT2D eigenvalue weighted by Crippen LogP contribution is 2.30. The topological polar surface area (TPSA) is 84.0 Å². The van der Waals surface area contributed by atoms with Crippen molar-refractivity contribution in [1.82, 2.24) is 9.36 Å². The zero-order chi connectivity index (χ0) is 15.7.